The third-order valence-corrected chi connectivity index (χ3v) is 4.86. The summed E-state index contributed by atoms with van der Waals surface area (Å²) in [6, 6.07) is 3.40. The summed E-state index contributed by atoms with van der Waals surface area (Å²) < 4.78 is 27.4. The molecule has 1 aromatic heterocycles. The summed E-state index contributed by atoms with van der Waals surface area (Å²) in [4.78, 5) is 8.32. The zero-order valence-electron chi connectivity index (χ0n) is 12.2. The third kappa shape index (κ3) is 3.37. The van der Waals surface area contributed by atoms with Gasteiger partial charge in [-0.2, -0.15) is 0 Å². The van der Waals surface area contributed by atoms with Crippen molar-refractivity contribution in [3.63, 3.8) is 0 Å². The van der Waals surface area contributed by atoms with E-state index in [1.165, 1.54) is 0 Å². The second-order valence-electron chi connectivity index (χ2n) is 4.90. The van der Waals surface area contributed by atoms with Crippen LogP contribution in [0, 0.1) is 20.8 Å². The summed E-state index contributed by atoms with van der Waals surface area (Å²) in [5.74, 6) is 0. The van der Waals surface area contributed by atoms with Crippen LogP contribution in [-0.4, -0.2) is 18.4 Å². The van der Waals surface area contributed by atoms with Gasteiger partial charge in [-0.15, -0.1) is 0 Å². The molecule has 0 saturated carbocycles. The Bertz CT molecular complexity index is 755. The molecule has 0 amide bonds. The van der Waals surface area contributed by atoms with Gasteiger partial charge in [-0.05, 0) is 38.0 Å². The highest BCUT2D eigenvalue weighted by atomic mass is 32.2. The monoisotopic (exact) mass is 306 g/mol. The molecule has 0 atom stereocenters. The molecule has 2 aromatic rings. The van der Waals surface area contributed by atoms with E-state index in [1.807, 2.05) is 13.8 Å². The Kier molecular flexibility index (Phi) is 4.24. The van der Waals surface area contributed by atoms with Gasteiger partial charge in [0.15, 0.2) is 0 Å². The minimum absolute atomic E-state index is 0.0719. The number of nitrogens with two attached hydrogens (primary N) is 1. The van der Waals surface area contributed by atoms with E-state index in [0.29, 0.717) is 11.3 Å². The number of hydrogen-bond donors (Lipinski definition) is 2. The Morgan fingerprint density at radius 3 is 2.48 bits per heavy atom. The van der Waals surface area contributed by atoms with Crippen LogP contribution < -0.4 is 10.5 Å². The van der Waals surface area contributed by atoms with Crippen molar-refractivity contribution in [1.82, 2.24) is 14.7 Å². The fourth-order valence-electron chi connectivity index (χ4n) is 1.92. The van der Waals surface area contributed by atoms with Crippen molar-refractivity contribution in [2.24, 2.45) is 0 Å². The van der Waals surface area contributed by atoms with E-state index < -0.39 is 10.0 Å². The number of anilines is 1. The molecule has 112 valence electrons. The minimum atomic E-state index is -3.70. The van der Waals surface area contributed by atoms with E-state index >= 15 is 0 Å². The lowest BCUT2D eigenvalue weighted by Gasteiger charge is -2.13. The summed E-state index contributed by atoms with van der Waals surface area (Å²) in [6.07, 6.45) is 3.14. The Labute approximate surface area is 124 Å². The van der Waals surface area contributed by atoms with E-state index in [-0.39, 0.29) is 17.1 Å². The topological polar surface area (TPSA) is 98.0 Å². The molecule has 0 unspecified atom stereocenters. The van der Waals surface area contributed by atoms with Crippen molar-refractivity contribution in [2.75, 3.05) is 5.73 Å². The number of rotatable bonds is 4. The molecule has 0 aliphatic carbocycles. The van der Waals surface area contributed by atoms with E-state index in [1.54, 1.807) is 31.5 Å². The molecule has 0 radical (unpaired) electrons. The van der Waals surface area contributed by atoms with Crippen molar-refractivity contribution < 1.29 is 8.42 Å². The standard InChI is InChI=1S/C14H18N4O2S/c1-9-4-5-13(15)14(11(9)3)21(19,20)18-8-12-7-16-10(2)6-17-12/h4-7,18H,8,15H2,1-3H3. The average Bonchev–Trinajstić information content (AvgIpc) is 2.43. The van der Waals surface area contributed by atoms with E-state index in [4.69, 9.17) is 5.73 Å². The first-order valence-corrected chi connectivity index (χ1v) is 7.92. The molecule has 21 heavy (non-hydrogen) atoms. The summed E-state index contributed by atoms with van der Waals surface area (Å²) >= 11 is 0. The van der Waals surface area contributed by atoms with Gasteiger partial charge in [0, 0.05) is 6.20 Å². The van der Waals surface area contributed by atoms with Gasteiger partial charge < -0.3 is 5.73 Å². The lowest BCUT2D eigenvalue weighted by atomic mass is 10.1. The summed E-state index contributed by atoms with van der Waals surface area (Å²) in [5.41, 5.74) is 8.91. The average molecular weight is 306 g/mol. The van der Waals surface area contributed by atoms with Gasteiger partial charge in [-0.1, -0.05) is 6.07 Å². The van der Waals surface area contributed by atoms with Crippen molar-refractivity contribution >= 4 is 15.7 Å². The van der Waals surface area contributed by atoms with Crippen molar-refractivity contribution in [1.29, 1.82) is 0 Å². The number of aromatic nitrogens is 2. The Balaban J connectivity index is 2.27. The normalized spacial score (nSPS) is 11.6. The molecule has 0 bridgehead atoms. The van der Waals surface area contributed by atoms with Gasteiger partial charge >= 0.3 is 0 Å². The molecule has 2 rings (SSSR count). The number of hydrogen-bond acceptors (Lipinski definition) is 5. The predicted octanol–water partition coefficient (Wildman–Crippen LogP) is 1.46. The molecule has 3 N–H and O–H groups in total. The number of sulfonamides is 1. The Hall–Kier alpha value is -1.99. The Morgan fingerprint density at radius 2 is 1.86 bits per heavy atom. The van der Waals surface area contributed by atoms with Gasteiger partial charge in [0.1, 0.15) is 4.90 Å². The first-order chi connectivity index (χ1) is 9.81. The number of benzene rings is 1. The number of nitrogen functional groups attached to an aromatic ring is 1. The molecule has 0 aliphatic rings. The fraction of sp³-hybridized carbons (Fsp3) is 0.286. The first kappa shape index (κ1) is 15.4. The highest BCUT2D eigenvalue weighted by Crippen LogP contribution is 2.25. The molecule has 1 aromatic carbocycles. The lowest BCUT2D eigenvalue weighted by Crippen LogP contribution is -2.25. The van der Waals surface area contributed by atoms with Gasteiger partial charge in [0.2, 0.25) is 10.0 Å². The predicted molar refractivity (Wildman–Crippen MR) is 81.1 cm³/mol. The minimum Gasteiger partial charge on any atom is -0.398 e. The van der Waals surface area contributed by atoms with Crippen LogP contribution in [0.2, 0.25) is 0 Å². The first-order valence-electron chi connectivity index (χ1n) is 6.44. The molecule has 0 aliphatic heterocycles. The molecule has 7 heteroatoms. The van der Waals surface area contributed by atoms with Crippen LogP contribution >= 0.6 is 0 Å². The molecule has 1 heterocycles. The fourth-order valence-corrected chi connectivity index (χ4v) is 3.34. The van der Waals surface area contributed by atoms with Crippen LogP contribution in [0.4, 0.5) is 5.69 Å². The summed E-state index contributed by atoms with van der Waals surface area (Å²) in [5, 5.41) is 0. The maximum atomic E-state index is 12.4. The largest absolute Gasteiger partial charge is 0.398 e. The van der Waals surface area contributed by atoms with Crippen LogP contribution in [-0.2, 0) is 16.6 Å². The Morgan fingerprint density at radius 1 is 1.14 bits per heavy atom. The van der Waals surface area contributed by atoms with Crippen LogP contribution in [0.1, 0.15) is 22.5 Å². The van der Waals surface area contributed by atoms with Crippen molar-refractivity contribution in [3.05, 3.63) is 47.0 Å². The molecular formula is C14H18N4O2S. The van der Waals surface area contributed by atoms with E-state index in [0.717, 1.165) is 11.3 Å². The molecular weight excluding hydrogens is 288 g/mol. The van der Waals surface area contributed by atoms with Crippen molar-refractivity contribution in [2.45, 2.75) is 32.2 Å². The summed E-state index contributed by atoms with van der Waals surface area (Å²) in [6.45, 7) is 5.48. The van der Waals surface area contributed by atoms with Gasteiger partial charge in [-0.3, -0.25) is 9.97 Å². The number of nitrogens with zero attached hydrogens (tertiary/aromatic N) is 2. The van der Waals surface area contributed by atoms with Gasteiger partial charge in [0.05, 0.1) is 29.8 Å². The van der Waals surface area contributed by atoms with E-state index in [9.17, 15) is 8.42 Å². The van der Waals surface area contributed by atoms with Crippen LogP contribution in [0.25, 0.3) is 0 Å². The second-order valence-corrected chi connectivity index (χ2v) is 6.60. The van der Waals surface area contributed by atoms with Gasteiger partial charge in [0.25, 0.3) is 0 Å². The molecule has 0 saturated heterocycles. The summed E-state index contributed by atoms with van der Waals surface area (Å²) in [7, 11) is -3.70. The van der Waals surface area contributed by atoms with Crippen LogP contribution in [0.15, 0.2) is 29.4 Å². The molecule has 0 spiro atoms. The SMILES string of the molecule is Cc1cnc(CNS(=O)(=O)c2c(N)ccc(C)c2C)cn1. The highest BCUT2D eigenvalue weighted by molar-refractivity contribution is 7.89. The maximum absolute atomic E-state index is 12.4. The van der Waals surface area contributed by atoms with Gasteiger partial charge in [-0.25, -0.2) is 13.1 Å². The van der Waals surface area contributed by atoms with Crippen LogP contribution in [0.5, 0.6) is 0 Å². The molecule has 6 nitrogen and oxygen atoms in total. The highest BCUT2D eigenvalue weighted by Gasteiger charge is 2.21. The molecule has 0 fully saturated rings. The van der Waals surface area contributed by atoms with E-state index in [2.05, 4.69) is 14.7 Å². The van der Waals surface area contributed by atoms with Crippen LogP contribution in [0.3, 0.4) is 0 Å². The smallest absolute Gasteiger partial charge is 0.243 e. The third-order valence-electron chi connectivity index (χ3n) is 3.25. The maximum Gasteiger partial charge on any atom is 0.243 e. The quantitative estimate of drug-likeness (QED) is 0.833. The number of nitrogens with one attached hydrogen (secondary N) is 1. The number of aryl methyl sites for hydroxylation is 2. The van der Waals surface area contributed by atoms with Crippen molar-refractivity contribution in [3.8, 4) is 0 Å². The lowest BCUT2D eigenvalue weighted by molar-refractivity contribution is 0.580. The zero-order valence-corrected chi connectivity index (χ0v) is 13.0. The second kappa shape index (κ2) is 5.79. The zero-order chi connectivity index (χ0) is 15.6.